The molecule has 0 atom stereocenters. The minimum atomic E-state index is -0.200. The van der Waals surface area contributed by atoms with E-state index in [9.17, 15) is 4.79 Å². The molecule has 28 heavy (non-hydrogen) atoms. The summed E-state index contributed by atoms with van der Waals surface area (Å²) < 4.78 is 2.01. The first kappa shape index (κ1) is 24.2. The summed E-state index contributed by atoms with van der Waals surface area (Å²) in [4.78, 5) is 16.6. The van der Waals surface area contributed by atoms with Crippen LogP contribution in [0.5, 0.6) is 0 Å². The molecule has 0 aliphatic rings. The molecule has 0 spiro atoms. The van der Waals surface area contributed by atoms with Crippen LogP contribution in [0, 0.1) is 0 Å². The van der Waals surface area contributed by atoms with Crippen molar-refractivity contribution in [2.24, 2.45) is 4.99 Å². The van der Waals surface area contributed by atoms with E-state index in [4.69, 9.17) is 11.6 Å². The van der Waals surface area contributed by atoms with E-state index in [0.29, 0.717) is 36.2 Å². The Hall–Kier alpha value is -1.88. The molecule has 10 heteroatoms. The highest BCUT2D eigenvalue weighted by molar-refractivity contribution is 14.0. The quantitative estimate of drug-likeness (QED) is 0.204. The number of carbonyl (C=O) groups is 1. The lowest BCUT2D eigenvalue weighted by molar-refractivity contribution is 0.0955. The van der Waals surface area contributed by atoms with Crippen molar-refractivity contribution in [3.8, 4) is 0 Å². The van der Waals surface area contributed by atoms with Gasteiger partial charge in [0.2, 0.25) is 0 Å². The summed E-state index contributed by atoms with van der Waals surface area (Å²) in [7, 11) is 0. The standard InChI is InChI=1S/C18H26ClN7O.HI/c1-3-16-25-24-13-26(16)12-11-23-18(20-4-2)22-10-9-21-17(27)14-7-5-6-8-15(14)19;/h5-8,13H,3-4,9-12H2,1-2H3,(H,21,27)(H2,20,22,23);1H. The first-order chi connectivity index (χ1) is 13.2. The molecule has 8 nitrogen and oxygen atoms in total. The number of nitrogens with zero attached hydrogens (tertiary/aromatic N) is 4. The summed E-state index contributed by atoms with van der Waals surface area (Å²) in [5.41, 5.74) is 0.467. The fraction of sp³-hybridized carbons (Fsp3) is 0.444. The van der Waals surface area contributed by atoms with Crippen LogP contribution in [0.1, 0.15) is 30.0 Å². The fourth-order valence-corrected chi connectivity index (χ4v) is 2.68. The van der Waals surface area contributed by atoms with Gasteiger partial charge < -0.3 is 20.5 Å². The number of amides is 1. The second-order valence-corrected chi connectivity index (χ2v) is 6.12. The number of halogens is 2. The molecule has 0 radical (unpaired) electrons. The lowest BCUT2D eigenvalue weighted by atomic mass is 10.2. The Morgan fingerprint density at radius 3 is 2.68 bits per heavy atom. The Morgan fingerprint density at radius 2 is 1.96 bits per heavy atom. The molecule has 0 saturated carbocycles. The molecule has 2 rings (SSSR count). The first-order valence-corrected chi connectivity index (χ1v) is 9.45. The van der Waals surface area contributed by atoms with Gasteiger partial charge in [0, 0.05) is 32.6 Å². The van der Waals surface area contributed by atoms with Gasteiger partial charge in [0.05, 0.1) is 17.1 Å². The van der Waals surface area contributed by atoms with E-state index in [-0.39, 0.29) is 29.9 Å². The van der Waals surface area contributed by atoms with Crippen LogP contribution >= 0.6 is 35.6 Å². The number of hydrogen-bond donors (Lipinski definition) is 3. The van der Waals surface area contributed by atoms with Crippen LogP contribution in [0.2, 0.25) is 5.02 Å². The number of benzene rings is 1. The molecule has 2 aromatic rings. The minimum absolute atomic E-state index is 0. The smallest absolute Gasteiger partial charge is 0.252 e. The van der Waals surface area contributed by atoms with Crippen LogP contribution in [0.25, 0.3) is 0 Å². The van der Waals surface area contributed by atoms with Crippen molar-refractivity contribution in [3.63, 3.8) is 0 Å². The number of aliphatic imine (C=N–C) groups is 1. The number of guanidine groups is 1. The average molecular weight is 520 g/mol. The predicted molar refractivity (Wildman–Crippen MR) is 123 cm³/mol. The molecule has 1 aromatic heterocycles. The summed E-state index contributed by atoms with van der Waals surface area (Å²) >= 11 is 6.03. The SMILES string of the molecule is CCNC(=NCCNC(=O)c1ccccc1Cl)NCCn1cnnc1CC.I. The van der Waals surface area contributed by atoms with Gasteiger partial charge in [0.25, 0.3) is 5.91 Å². The minimum Gasteiger partial charge on any atom is -0.357 e. The van der Waals surface area contributed by atoms with Gasteiger partial charge in [0.15, 0.2) is 5.96 Å². The van der Waals surface area contributed by atoms with E-state index in [1.807, 2.05) is 11.5 Å². The Bertz CT molecular complexity index is 766. The number of aryl methyl sites for hydroxylation is 1. The highest BCUT2D eigenvalue weighted by atomic mass is 127. The second-order valence-electron chi connectivity index (χ2n) is 5.72. The van der Waals surface area contributed by atoms with Crippen LogP contribution < -0.4 is 16.0 Å². The highest BCUT2D eigenvalue weighted by Gasteiger charge is 2.08. The van der Waals surface area contributed by atoms with Crippen molar-refractivity contribution >= 4 is 47.4 Å². The predicted octanol–water partition coefficient (Wildman–Crippen LogP) is 2.10. The number of nitrogens with one attached hydrogen (secondary N) is 3. The summed E-state index contributed by atoms with van der Waals surface area (Å²) in [6.07, 6.45) is 2.58. The zero-order valence-corrected chi connectivity index (χ0v) is 19.2. The van der Waals surface area contributed by atoms with E-state index in [1.165, 1.54) is 0 Å². The molecular formula is C18H27ClIN7O. The van der Waals surface area contributed by atoms with Gasteiger partial charge in [-0.05, 0) is 19.1 Å². The normalized spacial score (nSPS) is 10.9. The summed E-state index contributed by atoms with van der Waals surface area (Å²) in [6.45, 7) is 7.14. The molecule has 3 N–H and O–H groups in total. The maximum atomic E-state index is 12.1. The largest absolute Gasteiger partial charge is 0.357 e. The van der Waals surface area contributed by atoms with E-state index in [2.05, 4.69) is 38.1 Å². The first-order valence-electron chi connectivity index (χ1n) is 9.07. The summed E-state index contributed by atoms with van der Waals surface area (Å²) in [6, 6.07) is 6.97. The van der Waals surface area contributed by atoms with Gasteiger partial charge in [-0.25, -0.2) is 0 Å². The van der Waals surface area contributed by atoms with E-state index in [0.717, 1.165) is 25.3 Å². The van der Waals surface area contributed by atoms with Crippen LogP contribution in [0.15, 0.2) is 35.6 Å². The molecule has 1 amide bonds. The summed E-state index contributed by atoms with van der Waals surface area (Å²) in [5.74, 6) is 1.46. The molecule has 154 valence electrons. The highest BCUT2D eigenvalue weighted by Crippen LogP contribution is 2.14. The van der Waals surface area contributed by atoms with Crippen molar-refractivity contribution in [1.29, 1.82) is 0 Å². The molecule has 1 heterocycles. The Balaban J connectivity index is 0.00000392. The van der Waals surface area contributed by atoms with Gasteiger partial charge in [-0.2, -0.15) is 0 Å². The zero-order valence-electron chi connectivity index (χ0n) is 16.1. The topological polar surface area (TPSA) is 96.2 Å². The zero-order chi connectivity index (χ0) is 19.5. The lowest BCUT2D eigenvalue weighted by Crippen LogP contribution is -2.39. The van der Waals surface area contributed by atoms with Crippen molar-refractivity contribution < 1.29 is 4.79 Å². The van der Waals surface area contributed by atoms with E-state index >= 15 is 0 Å². The molecule has 0 unspecified atom stereocenters. The van der Waals surface area contributed by atoms with Gasteiger partial charge in [0.1, 0.15) is 12.2 Å². The van der Waals surface area contributed by atoms with Gasteiger partial charge in [-0.15, -0.1) is 34.2 Å². The Kier molecular flexibility index (Phi) is 11.5. The van der Waals surface area contributed by atoms with E-state index < -0.39 is 0 Å². The maximum Gasteiger partial charge on any atom is 0.252 e. The van der Waals surface area contributed by atoms with Crippen molar-refractivity contribution in [3.05, 3.63) is 47.0 Å². The number of aromatic nitrogens is 3. The third-order valence-electron chi connectivity index (χ3n) is 3.79. The second kappa shape index (κ2) is 13.3. The summed E-state index contributed by atoms with van der Waals surface area (Å²) in [5, 5.41) is 17.7. The molecule has 0 aliphatic heterocycles. The van der Waals surface area contributed by atoms with Gasteiger partial charge in [-0.1, -0.05) is 30.7 Å². The van der Waals surface area contributed by atoms with Crippen molar-refractivity contribution in [2.45, 2.75) is 26.8 Å². The number of hydrogen-bond acceptors (Lipinski definition) is 4. The van der Waals surface area contributed by atoms with Gasteiger partial charge in [-0.3, -0.25) is 9.79 Å². The monoisotopic (exact) mass is 519 g/mol. The van der Waals surface area contributed by atoms with Crippen LogP contribution in [-0.2, 0) is 13.0 Å². The molecule has 1 aromatic carbocycles. The Morgan fingerprint density at radius 1 is 1.18 bits per heavy atom. The molecular weight excluding hydrogens is 493 g/mol. The fourth-order valence-electron chi connectivity index (χ4n) is 2.45. The van der Waals surface area contributed by atoms with Crippen LogP contribution in [0.4, 0.5) is 0 Å². The number of carbonyl (C=O) groups excluding carboxylic acids is 1. The average Bonchev–Trinajstić information content (AvgIpc) is 3.12. The third-order valence-corrected chi connectivity index (χ3v) is 4.12. The maximum absolute atomic E-state index is 12.1. The molecule has 0 fully saturated rings. The van der Waals surface area contributed by atoms with E-state index in [1.54, 1.807) is 30.6 Å². The molecule has 0 aliphatic carbocycles. The van der Waals surface area contributed by atoms with Crippen LogP contribution in [-0.4, -0.2) is 52.8 Å². The molecule has 0 saturated heterocycles. The lowest BCUT2D eigenvalue weighted by Gasteiger charge is -2.12. The Labute approximate surface area is 187 Å². The van der Waals surface area contributed by atoms with Crippen molar-refractivity contribution in [1.82, 2.24) is 30.7 Å². The number of rotatable bonds is 9. The van der Waals surface area contributed by atoms with Gasteiger partial charge >= 0.3 is 0 Å². The van der Waals surface area contributed by atoms with Crippen LogP contribution in [0.3, 0.4) is 0 Å². The third kappa shape index (κ3) is 7.63. The van der Waals surface area contributed by atoms with Crippen molar-refractivity contribution in [2.75, 3.05) is 26.2 Å². The molecule has 0 bridgehead atoms.